The summed E-state index contributed by atoms with van der Waals surface area (Å²) < 4.78 is 29.1. The molecule has 0 saturated heterocycles. The highest BCUT2D eigenvalue weighted by molar-refractivity contribution is 5.45. The van der Waals surface area contributed by atoms with Crippen LogP contribution < -0.4 is 5.32 Å². The lowest BCUT2D eigenvalue weighted by atomic mass is 10.2. The van der Waals surface area contributed by atoms with E-state index >= 15 is 0 Å². The molecule has 0 aliphatic rings. The van der Waals surface area contributed by atoms with Gasteiger partial charge in [0.15, 0.2) is 0 Å². The van der Waals surface area contributed by atoms with Crippen LogP contribution in [-0.4, -0.2) is 16.1 Å². The van der Waals surface area contributed by atoms with E-state index in [4.69, 9.17) is 0 Å². The van der Waals surface area contributed by atoms with Gasteiger partial charge in [0, 0.05) is 18.8 Å². The summed E-state index contributed by atoms with van der Waals surface area (Å²) in [6.07, 6.45) is 2.61. The van der Waals surface area contributed by atoms with Crippen molar-refractivity contribution < 1.29 is 8.78 Å². The van der Waals surface area contributed by atoms with Gasteiger partial charge in [-0.15, -0.1) is 0 Å². The van der Waals surface area contributed by atoms with E-state index in [0.29, 0.717) is 11.5 Å². The maximum atomic E-state index is 14.0. The Hall–Kier alpha value is -1.91. The lowest BCUT2D eigenvalue weighted by Gasteiger charge is -2.11. The standard InChI is InChI=1S/C14H17F2N3/c1-4-5-17-14-18-10(3)8-19(14)13-7-11(15)9(2)6-12(13)16/h6-8H,4-5H2,1-3H3,(H,17,18). The minimum Gasteiger partial charge on any atom is -0.355 e. The molecule has 0 saturated carbocycles. The molecule has 0 amide bonds. The van der Waals surface area contributed by atoms with Crippen molar-refractivity contribution in [2.45, 2.75) is 27.2 Å². The van der Waals surface area contributed by atoms with Gasteiger partial charge in [-0.25, -0.2) is 13.8 Å². The first-order chi connectivity index (χ1) is 9.02. The van der Waals surface area contributed by atoms with Gasteiger partial charge in [-0.1, -0.05) is 6.92 Å². The second kappa shape index (κ2) is 5.38. The lowest BCUT2D eigenvalue weighted by molar-refractivity contribution is 0.585. The Kier molecular flexibility index (Phi) is 3.83. The Balaban J connectivity index is 2.49. The number of benzene rings is 1. The van der Waals surface area contributed by atoms with Crippen molar-refractivity contribution in [2.75, 3.05) is 11.9 Å². The van der Waals surface area contributed by atoms with E-state index < -0.39 is 11.6 Å². The van der Waals surface area contributed by atoms with Crippen molar-refractivity contribution in [2.24, 2.45) is 0 Å². The Morgan fingerprint density at radius 3 is 2.63 bits per heavy atom. The monoisotopic (exact) mass is 265 g/mol. The third-order valence-corrected chi connectivity index (χ3v) is 2.85. The molecule has 0 aliphatic carbocycles. The SMILES string of the molecule is CCCNc1nc(C)cn1-c1cc(F)c(C)cc1F. The maximum Gasteiger partial charge on any atom is 0.207 e. The zero-order valence-corrected chi connectivity index (χ0v) is 11.3. The number of imidazole rings is 1. The zero-order valence-electron chi connectivity index (χ0n) is 11.3. The van der Waals surface area contributed by atoms with E-state index in [1.165, 1.54) is 19.1 Å². The van der Waals surface area contributed by atoms with Crippen molar-refractivity contribution >= 4 is 5.95 Å². The summed E-state index contributed by atoms with van der Waals surface area (Å²) in [5.74, 6) is -0.360. The van der Waals surface area contributed by atoms with Gasteiger partial charge in [0.1, 0.15) is 11.6 Å². The molecular formula is C14H17F2N3. The summed E-state index contributed by atoms with van der Waals surface area (Å²) in [6, 6.07) is 2.40. The molecule has 0 unspecified atom stereocenters. The normalized spacial score (nSPS) is 10.8. The largest absolute Gasteiger partial charge is 0.355 e. The number of nitrogens with one attached hydrogen (secondary N) is 1. The maximum absolute atomic E-state index is 14.0. The molecule has 2 aromatic rings. The third-order valence-electron chi connectivity index (χ3n) is 2.85. The van der Waals surface area contributed by atoms with Crippen LogP contribution in [0.1, 0.15) is 24.6 Å². The molecule has 2 rings (SSSR count). The van der Waals surface area contributed by atoms with Gasteiger partial charge in [-0.3, -0.25) is 4.57 Å². The minimum absolute atomic E-state index is 0.169. The number of aromatic nitrogens is 2. The van der Waals surface area contributed by atoms with Crippen LogP contribution >= 0.6 is 0 Å². The van der Waals surface area contributed by atoms with Crippen LogP contribution in [0.2, 0.25) is 0 Å². The number of aryl methyl sites for hydroxylation is 2. The summed E-state index contributed by atoms with van der Waals surface area (Å²) in [7, 11) is 0. The Labute approximate surface area is 111 Å². The van der Waals surface area contributed by atoms with Gasteiger partial charge < -0.3 is 5.32 Å². The molecular weight excluding hydrogens is 248 g/mol. The smallest absolute Gasteiger partial charge is 0.207 e. The third kappa shape index (κ3) is 2.75. The van der Waals surface area contributed by atoms with Crippen LogP contribution in [0.3, 0.4) is 0 Å². The molecule has 3 nitrogen and oxygen atoms in total. The molecule has 0 bridgehead atoms. The highest BCUT2D eigenvalue weighted by Gasteiger charge is 2.13. The first-order valence-electron chi connectivity index (χ1n) is 6.28. The van der Waals surface area contributed by atoms with Crippen LogP contribution in [0, 0.1) is 25.5 Å². The fourth-order valence-electron chi connectivity index (χ4n) is 1.86. The Morgan fingerprint density at radius 2 is 1.95 bits per heavy atom. The molecule has 0 fully saturated rings. The number of hydrogen-bond donors (Lipinski definition) is 1. The number of hydrogen-bond acceptors (Lipinski definition) is 2. The molecule has 1 heterocycles. The van der Waals surface area contributed by atoms with Crippen molar-refractivity contribution in [3.8, 4) is 5.69 Å². The molecule has 19 heavy (non-hydrogen) atoms. The molecule has 0 aliphatic heterocycles. The van der Waals surface area contributed by atoms with Crippen molar-refractivity contribution in [1.82, 2.24) is 9.55 Å². The number of halogens is 2. The predicted molar refractivity (Wildman–Crippen MR) is 71.7 cm³/mol. The van der Waals surface area contributed by atoms with Crippen molar-refractivity contribution in [1.29, 1.82) is 0 Å². The fourth-order valence-corrected chi connectivity index (χ4v) is 1.86. The van der Waals surface area contributed by atoms with Crippen LogP contribution in [-0.2, 0) is 0 Å². The fraction of sp³-hybridized carbons (Fsp3) is 0.357. The lowest BCUT2D eigenvalue weighted by Crippen LogP contribution is -2.08. The minimum atomic E-state index is -0.462. The van der Waals surface area contributed by atoms with Crippen molar-refractivity contribution in [3.63, 3.8) is 0 Å². The molecule has 1 aromatic heterocycles. The number of nitrogens with zero attached hydrogens (tertiary/aromatic N) is 2. The quantitative estimate of drug-likeness (QED) is 0.915. The molecule has 0 spiro atoms. The van der Waals surface area contributed by atoms with Crippen LogP contribution in [0.4, 0.5) is 14.7 Å². The molecule has 0 atom stereocenters. The Morgan fingerprint density at radius 1 is 1.21 bits per heavy atom. The van der Waals surface area contributed by atoms with E-state index in [0.717, 1.165) is 18.7 Å². The molecule has 5 heteroatoms. The molecule has 1 N–H and O–H groups in total. The second-order valence-corrected chi connectivity index (χ2v) is 4.56. The average molecular weight is 265 g/mol. The van der Waals surface area contributed by atoms with Gasteiger partial charge >= 0.3 is 0 Å². The van der Waals surface area contributed by atoms with Gasteiger partial charge in [-0.05, 0) is 31.9 Å². The Bertz CT molecular complexity index is 591. The summed E-state index contributed by atoms with van der Waals surface area (Å²) >= 11 is 0. The van der Waals surface area contributed by atoms with Crippen LogP contribution in [0.15, 0.2) is 18.3 Å². The van der Waals surface area contributed by atoms with Gasteiger partial charge in [0.05, 0.1) is 11.4 Å². The average Bonchev–Trinajstić information content (AvgIpc) is 2.72. The van der Waals surface area contributed by atoms with E-state index in [9.17, 15) is 8.78 Å². The van der Waals surface area contributed by atoms with Crippen LogP contribution in [0.25, 0.3) is 5.69 Å². The summed E-state index contributed by atoms with van der Waals surface area (Å²) in [6.45, 7) is 6.11. The van der Waals surface area contributed by atoms with Crippen LogP contribution in [0.5, 0.6) is 0 Å². The highest BCUT2D eigenvalue weighted by Crippen LogP contribution is 2.22. The molecule has 0 radical (unpaired) electrons. The van der Waals surface area contributed by atoms with Gasteiger partial charge in [-0.2, -0.15) is 0 Å². The zero-order chi connectivity index (χ0) is 14.0. The topological polar surface area (TPSA) is 29.9 Å². The number of anilines is 1. The first kappa shape index (κ1) is 13.5. The van der Waals surface area contributed by atoms with E-state index in [2.05, 4.69) is 10.3 Å². The summed E-state index contributed by atoms with van der Waals surface area (Å²) in [5, 5.41) is 3.11. The first-order valence-corrected chi connectivity index (χ1v) is 6.28. The molecule has 1 aromatic carbocycles. The molecule has 102 valence electrons. The van der Waals surface area contributed by atoms with E-state index in [1.54, 1.807) is 10.8 Å². The van der Waals surface area contributed by atoms with Gasteiger partial charge in [0.25, 0.3) is 0 Å². The summed E-state index contributed by atoms with van der Waals surface area (Å²) in [4.78, 5) is 4.28. The van der Waals surface area contributed by atoms with E-state index in [-0.39, 0.29) is 5.69 Å². The highest BCUT2D eigenvalue weighted by atomic mass is 19.1. The second-order valence-electron chi connectivity index (χ2n) is 4.56. The van der Waals surface area contributed by atoms with Crippen molar-refractivity contribution in [3.05, 3.63) is 41.2 Å². The van der Waals surface area contributed by atoms with E-state index in [1.807, 2.05) is 13.8 Å². The number of rotatable bonds is 4. The van der Waals surface area contributed by atoms with Gasteiger partial charge in [0.2, 0.25) is 5.95 Å². The summed E-state index contributed by atoms with van der Waals surface area (Å²) in [5.41, 5.74) is 1.21. The predicted octanol–water partition coefficient (Wildman–Crippen LogP) is 3.59.